The van der Waals surface area contributed by atoms with Crippen molar-refractivity contribution in [1.82, 2.24) is 0 Å². The molecule has 0 atom stereocenters. The molecule has 18 heavy (non-hydrogen) atoms. The molecule has 3 rings (SSSR count). The van der Waals surface area contributed by atoms with Crippen molar-refractivity contribution in [3.63, 3.8) is 0 Å². The first-order valence-corrected chi connectivity index (χ1v) is 6.82. The van der Waals surface area contributed by atoms with Gasteiger partial charge in [0.25, 0.3) is 0 Å². The monoisotopic (exact) mass is 238 g/mol. The summed E-state index contributed by atoms with van der Waals surface area (Å²) in [7, 11) is 0. The third kappa shape index (κ3) is 2.89. The summed E-state index contributed by atoms with van der Waals surface area (Å²) in [6.07, 6.45) is 2.24. The minimum atomic E-state index is 1.31. The molecule has 0 aliphatic heterocycles. The predicted molar refractivity (Wildman–Crippen MR) is 82.6 cm³/mol. The highest BCUT2D eigenvalue weighted by molar-refractivity contribution is 6.02. The molecule has 0 saturated carbocycles. The molecule has 0 spiro atoms. The molecular weight excluding hydrogens is 216 g/mol. The minimum absolute atomic E-state index is 1.31. The van der Waals surface area contributed by atoms with Crippen molar-refractivity contribution in [1.29, 1.82) is 0 Å². The Bertz CT molecular complexity index is 492. The number of rotatable bonds is 1. The van der Waals surface area contributed by atoms with Crippen molar-refractivity contribution in [3.8, 4) is 0 Å². The Morgan fingerprint density at radius 2 is 1.17 bits per heavy atom. The van der Waals surface area contributed by atoms with Gasteiger partial charge in [-0.3, -0.25) is 0 Å². The van der Waals surface area contributed by atoms with Crippen LogP contribution in [-0.4, -0.2) is 0 Å². The lowest BCUT2D eigenvalue weighted by atomic mass is 9.84. The summed E-state index contributed by atoms with van der Waals surface area (Å²) in [6.45, 7) is 8.00. The van der Waals surface area contributed by atoms with Gasteiger partial charge >= 0.3 is 0 Å². The Labute approximate surface area is 111 Å². The van der Waals surface area contributed by atoms with E-state index in [0.29, 0.717) is 0 Å². The van der Waals surface area contributed by atoms with Crippen LogP contribution in [-0.2, 0) is 0 Å². The van der Waals surface area contributed by atoms with E-state index in [1.54, 1.807) is 0 Å². The van der Waals surface area contributed by atoms with Crippen molar-refractivity contribution in [3.05, 3.63) is 71.3 Å². The van der Waals surface area contributed by atoms with Crippen molar-refractivity contribution in [2.45, 2.75) is 27.7 Å². The SMILES string of the molecule is C1=C(c2ccccc2)c2ccccc21.CC.CC. The fourth-order valence-corrected chi connectivity index (χ4v) is 1.88. The van der Waals surface area contributed by atoms with Gasteiger partial charge in [0, 0.05) is 0 Å². The fourth-order valence-electron chi connectivity index (χ4n) is 1.88. The van der Waals surface area contributed by atoms with Gasteiger partial charge in [-0.1, -0.05) is 82.3 Å². The summed E-state index contributed by atoms with van der Waals surface area (Å²) in [4.78, 5) is 0. The molecule has 0 unspecified atom stereocenters. The minimum Gasteiger partial charge on any atom is -0.0683 e. The van der Waals surface area contributed by atoms with Gasteiger partial charge in [0.15, 0.2) is 0 Å². The van der Waals surface area contributed by atoms with E-state index in [-0.39, 0.29) is 0 Å². The second kappa shape index (κ2) is 7.50. The quantitative estimate of drug-likeness (QED) is 0.514. The molecular formula is C18H22. The Kier molecular flexibility index (Phi) is 5.93. The Morgan fingerprint density at radius 1 is 0.611 bits per heavy atom. The maximum Gasteiger partial charge on any atom is -0.00992 e. The molecule has 1 aliphatic carbocycles. The smallest absolute Gasteiger partial charge is 0.00992 e. The molecule has 2 aromatic carbocycles. The van der Waals surface area contributed by atoms with Crippen LogP contribution in [0.3, 0.4) is 0 Å². The highest BCUT2D eigenvalue weighted by atomic mass is 14.2. The van der Waals surface area contributed by atoms with Gasteiger partial charge in [-0.15, -0.1) is 0 Å². The summed E-state index contributed by atoms with van der Waals surface area (Å²) < 4.78 is 0. The van der Waals surface area contributed by atoms with Gasteiger partial charge in [0.2, 0.25) is 0 Å². The largest absolute Gasteiger partial charge is 0.0683 e. The molecule has 1 aliphatic rings. The highest BCUT2D eigenvalue weighted by Crippen LogP contribution is 2.36. The Balaban J connectivity index is 0.000000371. The zero-order chi connectivity index (χ0) is 13.4. The summed E-state index contributed by atoms with van der Waals surface area (Å²) in [6, 6.07) is 19.0. The number of hydrogen-bond acceptors (Lipinski definition) is 0. The van der Waals surface area contributed by atoms with Crippen molar-refractivity contribution >= 4 is 11.6 Å². The van der Waals surface area contributed by atoms with Crippen molar-refractivity contribution in [2.75, 3.05) is 0 Å². The van der Waals surface area contributed by atoms with E-state index in [4.69, 9.17) is 0 Å². The van der Waals surface area contributed by atoms with E-state index in [9.17, 15) is 0 Å². The normalized spacial score (nSPS) is 10.6. The van der Waals surface area contributed by atoms with Crippen molar-refractivity contribution in [2.24, 2.45) is 0 Å². The van der Waals surface area contributed by atoms with Crippen LogP contribution >= 0.6 is 0 Å². The van der Waals surface area contributed by atoms with Gasteiger partial charge in [-0.25, -0.2) is 0 Å². The lowest BCUT2D eigenvalue weighted by Gasteiger charge is -2.19. The highest BCUT2D eigenvalue weighted by Gasteiger charge is 2.15. The molecule has 0 radical (unpaired) electrons. The molecule has 0 saturated heterocycles. The van der Waals surface area contributed by atoms with Crippen LogP contribution in [0.25, 0.3) is 11.6 Å². The van der Waals surface area contributed by atoms with Gasteiger partial charge in [-0.05, 0) is 28.3 Å². The van der Waals surface area contributed by atoms with Gasteiger partial charge in [-0.2, -0.15) is 0 Å². The summed E-state index contributed by atoms with van der Waals surface area (Å²) in [5.74, 6) is 0. The Hall–Kier alpha value is -1.82. The molecule has 0 heteroatoms. The fraction of sp³-hybridized carbons (Fsp3) is 0.222. The molecule has 0 N–H and O–H groups in total. The molecule has 0 nitrogen and oxygen atoms in total. The zero-order valence-electron chi connectivity index (χ0n) is 11.8. The van der Waals surface area contributed by atoms with Crippen molar-refractivity contribution < 1.29 is 0 Å². The lowest BCUT2D eigenvalue weighted by molar-refractivity contribution is 1.49. The average Bonchev–Trinajstić information content (AvgIpc) is 2.46. The second-order valence-electron chi connectivity index (χ2n) is 3.51. The molecule has 0 fully saturated rings. The predicted octanol–water partition coefficient (Wildman–Crippen LogP) is 5.64. The van der Waals surface area contributed by atoms with E-state index in [1.165, 1.54) is 22.3 Å². The van der Waals surface area contributed by atoms with Crippen LogP contribution < -0.4 is 0 Å². The maximum absolute atomic E-state index is 2.24. The van der Waals surface area contributed by atoms with Crippen LogP contribution in [0.2, 0.25) is 0 Å². The molecule has 94 valence electrons. The maximum atomic E-state index is 2.24. The molecule has 2 aromatic rings. The number of fused-ring (bicyclic) bond motifs is 1. The first-order valence-electron chi connectivity index (χ1n) is 6.82. The summed E-state index contributed by atoms with van der Waals surface area (Å²) >= 11 is 0. The third-order valence-corrected chi connectivity index (χ3v) is 2.64. The molecule has 0 aromatic heterocycles. The van der Waals surface area contributed by atoms with Gasteiger partial charge in [0.05, 0.1) is 0 Å². The second-order valence-corrected chi connectivity index (χ2v) is 3.51. The average molecular weight is 238 g/mol. The molecule has 0 heterocycles. The van der Waals surface area contributed by atoms with Crippen LogP contribution in [0.15, 0.2) is 54.6 Å². The summed E-state index contributed by atoms with van der Waals surface area (Å²) in [5.41, 5.74) is 5.40. The zero-order valence-corrected chi connectivity index (χ0v) is 11.8. The first-order chi connectivity index (χ1) is 8.95. The van der Waals surface area contributed by atoms with E-state index in [2.05, 4.69) is 60.7 Å². The topological polar surface area (TPSA) is 0 Å². The van der Waals surface area contributed by atoms with E-state index >= 15 is 0 Å². The van der Waals surface area contributed by atoms with Gasteiger partial charge in [0.1, 0.15) is 0 Å². The molecule has 0 amide bonds. The standard InChI is InChI=1S/C14H10.2C2H6/c1-2-6-11(7-3-1)14-10-12-8-4-5-9-13(12)14;2*1-2/h1-10H;2*1-2H3. The summed E-state index contributed by atoms with van der Waals surface area (Å²) in [5, 5.41) is 0. The lowest BCUT2D eigenvalue weighted by Crippen LogP contribution is -1.99. The van der Waals surface area contributed by atoms with Gasteiger partial charge < -0.3 is 0 Å². The van der Waals surface area contributed by atoms with E-state index < -0.39 is 0 Å². The third-order valence-electron chi connectivity index (χ3n) is 2.64. The number of benzene rings is 2. The Morgan fingerprint density at radius 3 is 1.78 bits per heavy atom. The molecule has 0 bridgehead atoms. The van der Waals surface area contributed by atoms with Crippen LogP contribution in [0, 0.1) is 0 Å². The van der Waals surface area contributed by atoms with Crippen LogP contribution in [0.4, 0.5) is 0 Å². The van der Waals surface area contributed by atoms with Crippen LogP contribution in [0.1, 0.15) is 44.4 Å². The van der Waals surface area contributed by atoms with E-state index in [0.717, 1.165) is 0 Å². The van der Waals surface area contributed by atoms with E-state index in [1.807, 2.05) is 27.7 Å². The number of hydrogen-bond donors (Lipinski definition) is 0. The van der Waals surface area contributed by atoms with Crippen LogP contribution in [0.5, 0.6) is 0 Å². The first kappa shape index (κ1) is 14.2.